The lowest BCUT2D eigenvalue weighted by Crippen LogP contribution is -2.11. The number of rotatable bonds is 9. The fourth-order valence-corrected chi connectivity index (χ4v) is 3.68. The number of nitrogens with one attached hydrogen (secondary N) is 1. The van der Waals surface area contributed by atoms with Crippen molar-refractivity contribution in [3.63, 3.8) is 0 Å². The maximum Gasteiger partial charge on any atom is 0.228 e. The number of hydrogen-bond acceptors (Lipinski definition) is 6. The Kier molecular flexibility index (Phi) is 5.54. The highest BCUT2D eigenvalue weighted by atomic mass is 32.2. The molecule has 0 unspecified atom stereocenters. The summed E-state index contributed by atoms with van der Waals surface area (Å²) in [7, 11) is 0. The molecule has 2 aromatic heterocycles. The van der Waals surface area contributed by atoms with E-state index in [1.165, 1.54) is 18.4 Å². The molecule has 1 saturated carbocycles. The van der Waals surface area contributed by atoms with E-state index in [0.29, 0.717) is 12.5 Å². The highest BCUT2D eigenvalue weighted by Gasteiger charge is 2.24. The number of nitriles is 1. The Labute approximate surface area is 163 Å². The van der Waals surface area contributed by atoms with Crippen LogP contribution in [0.3, 0.4) is 0 Å². The first-order valence-electron chi connectivity index (χ1n) is 9.38. The first-order valence-corrected chi connectivity index (χ1v) is 10.4. The lowest BCUT2D eigenvalue weighted by Gasteiger charge is -2.09. The van der Waals surface area contributed by atoms with E-state index in [9.17, 15) is 0 Å². The zero-order valence-corrected chi connectivity index (χ0v) is 16.0. The van der Waals surface area contributed by atoms with Gasteiger partial charge in [-0.05, 0) is 37.7 Å². The summed E-state index contributed by atoms with van der Waals surface area (Å²) in [4.78, 5) is 9.50. The largest absolute Gasteiger partial charge is 0.351 e. The van der Waals surface area contributed by atoms with Crippen LogP contribution >= 0.6 is 11.8 Å². The molecule has 0 bridgehead atoms. The van der Waals surface area contributed by atoms with Gasteiger partial charge in [-0.2, -0.15) is 19.9 Å². The van der Waals surface area contributed by atoms with E-state index in [-0.39, 0.29) is 0 Å². The van der Waals surface area contributed by atoms with Crippen molar-refractivity contribution in [2.24, 2.45) is 0 Å². The smallest absolute Gasteiger partial charge is 0.228 e. The van der Waals surface area contributed by atoms with Gasteiger partial charge in [0.15, 0.2) is 10.8 Å². The van der Waals surface area contributed by atoms with Crippen molar-refractivity contribution in [2.45, 2.75) is 55.5 Å². The van der Waals surface area contributed by atoms with E-state index in [4.69, 9.17) is 15.2 Å². The third kappa shape index (κ3) is 4.58. The Morgan fingerprint density at radius 2 is 2.04 bits per heavy atom. The number of nitrogens with zero attached hydrogens (tertiary/aromatic N) is 5. The second-order valence-electron chi connectivity index (χ2n) is 6.79. The van der Waals surface area contributed by atoms with E-state index in [2.05, 4.69) is 40.8 Å². The number of benzene rings is 1. The van der Waals surface area contributed by atoms with E-state index in [1.807, 2.05) is 16.8 Å². The van der Waals surface area contributed by atoms with Gasteiger partial charge in [-0.3, -0.25) is 0 Å². The summed E-state index contributed by atoms with van der Waals surface area (Å²) in [6.07, 6.45) is 7.61. The van der Waals surface area contributed by atoms with Crippen LogP contribution in [0.5, 0.6) is 0 Å². The minimum Gasteiger partial charge on any atom is -0.351 e. The van der Waals surface area contributed by atoms with E-state index >= 15 is 0 Å². The molecule has 2 heterocycles. The molecule has 3 aromatic rings. The molecule has 0 radical (unpaired) electrons. The average Bonchev–Trinajstić information content (AvgIpc) is 3.42. The second-order valence-corrected chi connectivity index (χ2v) is 7.74. The van der Waals surface area contributed by atoms with E-state index < -0.39 is 0 Å². The number of aryl methyl sites for hydroxylation is 1. The number of aromatic nitrogens is 4. The predicted molar refractivity (Wildman–Crippen MR) is 107 cm³/mol. The van der Waals surface area contributed by atoms with Crippen LogP contribution in [0.2, 0.25) is 0 Å². The first kappa shape index (κ1) is 17.8. The molecule has 1 N–H and O–H groups in total. The summed E-state index contributed by atoms with van der Waals surface area (Å²) < 4.78 is 1.82. The molecule has 0 spiro atoms. The lowest BCUT2D eigenvalue weighted by atomic mass is 10.1. The number of unbranched alkanes of at least 4 members (excludes halogenated alkanes) is 2. The SMILES string of the molecule is N#CCCCCc1cnn2c(NC3CC3)nc(SCc3ccccc3)nc12. The summed E-state index contributed by atoms with van der Waals surface area (Å²) in [5, 5.41) is 17.5. The Balaban J connectivity index is 1.57. The Bertz CT molecular complexity index is 942. The second kappa shape index (κ2) is 8.40. The molecule has 0 amide bonds. The molecular formula is C20H22N6S. The lowest BCUT2D eigenvalue weighted by molar-refractivity contribution is 0.753. The zero-order valence-electron chi connectivity index (χ0n) is 15.1. The van der Waals surface area contributed by atoms with Gasteiger partial charge in [-0.25, -0.2) is 4.98 Å². The summed E-state index contributed by atoms with van der Waals surface area (Å²) in [6.45, 7) is 0. The molecule has 4 rings (SSSR count). The predicted octanol–water partition coefficient (Wildman–Crippen LogP) is 4.23. The van der Waals surface area contributed by atoms with Gasteiger partial charge in [-0.1, -0.05) is 42.1 Å². The van der Waals surface area contributed by atoms with Crippen molar-refractivity contribution in [1.29, 1.82) is 5.26 Å². The van der Waals surface area contributed by atoms with Crippen LogP contribution in [0, 0.1) is 11.3 Å². The highest BCUT2D eigenvalue weighted by molar-refractivity contribution is 7.98. The molecule has 1 aromatic carbocycles. The average molecular weight is 379 g/mol. The van der Waals surface area contributed by atoms with Crippen LogP contribution in [0.15, 0.2) is 41.7 Å². The van der Waals surface area contributed by atoms with Crippen LogP contribution in [0.4, 0.5) is 5.95 Å². The number of anilines is 1. The van der Waals surface area contributed by atoms with Gasteiger partial charge >= 0.3 is 0 Å². The highest BCUT2D eigenvalue weighted by Crippen LogP contribution is 2.27. The molecule has 0 saturated heterocycles. The van der Waals surface area contributed by atoms with Gasteiger partial charge in [0.05, 0.1) is 12.3 Å². The van der Waals surface area contributed by atoms with E-state index in [1.54, 1.807) is 11.8 Å². The maximum absolute atomic E-state index is 8.71. The molecule has 1 fully saturated rings. The van der Waals surface area contributed by atoms with Gasteiger partial charge in [0.25, 0.3) is 0 Å². The Morgan fingerprint density at radius 3 is 2.81 bits per heavy atom. The summed E-state index contributed by atoms with van der Waals surface area (Å²) in [5.74, 6) is 1.62. The van der Waals surface area contributed by atoms with Crippen molar-refractivity contribution < 1.29 is 0 Å². The zero-order chi connectivity index (χ0) is 18.5. The first-order chi connectivity index (χ1) is 13.3. The fraction of sp³-hybridized carbons (Fsp3) is 0.400. The van der Waals surface area contributed by atoms with Gasteiger partial charge in [0.2, 0.25) is 5.95 Å². The Hall–Kier alpha value is -2.59. The standard InChI is InChI=1S/C20H22N6S/c21-12-6-2-5-9-16-13-22-26-18(16)24-20(25-19(26)23-17-10-11-17)27-14-15-7-3-1-4-8-15/h1,3-4,7-8,13,17H,2,5-6,9-11,14H2,(H,23,24,25). The van der Waals surface area contributed by atoms with Gasteiger partial charge in [0, 0.05) is 23.8 Å². The molecule has 1 aliphatic carbocycles. The normalized spacial score (nSPS) is 13.6. The molecular weight excluding hydrogens is 356 g/mol. The fourth-order valence-electron chi connectivity index (χ4n) is 2.89. The van der Waals surface area contributed by atoms with Crippen molar-refractivity contribution in [2.75, 3.05) is 5.32 Å². The van der Waals surface area contributed by atoms with Gasteiger partial charge < -0.3 is 5.32 Å². The minimum absolute atomic E-state index is 0.498. The van der Waals surface area contributed by atoms with Crippen molar-refractivity contribution >= 4 is 23.4 Å². The van der Waals surface area contributed by atoms with Gasteiger partial charge in [0.1, 0.15) is 0 Å². The molecule has 27 heavy (non-hydrogen) atoms. The summed E-state index contributed by atoms with van der Waals surface area (Å²) in [5.41, 5.74) is 3.25. The quantitative estimate of drug-likeness (QED) is 0.443. The number of fused-ring (bicyclic) bond motifs is 1. The van der Waals surface area contributed by atoms with Crippen LogP contribution < -0.4 is 5.32 Å². The van der Waals surface area contributed by atoms with Crippen LogP contribution in [0.1, 0.15) is 43.2 Å². The Morgan fingerprint density at radius 1 is 1.19 bits per heavy atom. The van der Waals surface area contributed by atoms with Crippen LogP contribution in [0.25, 0.3) is 5.65 Å². The van der Waals surface area contributed by atoms with Crippen LogP contribution in [-0.4, -0.2) is 25.6 Å². The molecule has 1 aliphatic rings. The molecule has 6 nitrogen and oxygen atoms in total. The number of thioether (sulfide) groups is 1. The summed E-state index contributed by atoms with van der Waals surface area (Å²) in [6, 6.07) is 13.1. The third-order valence-electron chi connectivity index (χ3n) is 4.53. The van der Waals surface area contributed by atoms with Crippen molar-refractivity contribution in [1.82, 2.24) is 19.6 Å². The van der Waals surface area contributed by atoms with Crippen molar-refractivity contribution in [3.8, 4) is 6.07 Å². The molecule has 138 valence electrons. The summed E-state index contributed by atoms with van der Waals surface area (Å²) >= 11 is 1.65. The minimum atomic E-state index is 0.498. The number of hydrogen-bond donors (Lipinski definition) is 1. The monoisotopic (exact) mass is 378 g/mol. The van der Waals surface area contributed by atoms with Crippen molar-refractivity contribution in [3.05, 3.63) is 47.7 Å². The van der Waals surface area contributed by atoms with E-state index in [0.717, 1.165) is 47.3 Å². The maximum atomic E-state index is 8.71. The molecule has 7 heteroatoms. The molecule has 0 atom stereocenters. The third-order valence-corrected chi connectivity index (χ3v) is 5.45. The van der Waals surface area contributed by atoms with Gasteiger partial charge in [-0.15, -0.1) is 0 Å². The molecule has 0 aliphatic heterocycles. The van der Waals surface area contributed by atoms with Crippen LogP contribution in [-0.2, 0) is 12.2 Å². The topological polar surface area (TPSA) is 78.9 Å².